The predicted molar refractivity (Wildman–Crippen MR) is 87.8 cm³/mol. The summed E-state index contributed by atoms with van der Waals surface area (Å²) in [4.78, 5) is 4.92. The van der Waals surface area contributed by atoms with Crippen LogP contribution in [-0.2, 0) is 0 Å². The van der Waals surface area contributed by atoms with E-state index in [0.717, 1.165) is 18.8 Å². The lowest BCUT2D eigenvalue weighted by atomic mass is 10.0. The van der Waals surface area contributed by atoms with Crippen molar-refractivity contribution < 1.29 is 4.74 Å². The Kier molecular flexibility index (Phi) is 6.03. The van der Waals surface area contributed by atoms with Crippen molar-refractivity contribution >= 4 is 0 Å². The summed E-state index contributed by atoms with van der Waals surface area (Å²) in [5.41, 5.74) is 8.47. The SMILES string of the molecule is COc1ccc(C(CN)N(C)CCN2CCCC2)cc1C. The fourth-order valence-electron chi connectivity index (χ4n) is 3.14. The number of rotatable bonds is 7. The van der Waals surface area contributed by atoms with Crippen molar-refractivity contribution in [3.63, 3.8) is 0 Å². The molecule has 2 N–H and O–H groups in total. The van der Waals surface area contributed by atoms with Crippen LogP contribution in [0, 0.1) is 6.92 Å². The third-order valence-electron chi connectivity index (χ3n) is 4.53. The van der Waals surface area contributed by atoms with Gasteiger partial charge in [-0.2, -0.15) is 0 Å². The van der Waals surface area contributed by atoms with Crippen molar-refractivity contribution in [1.82, 2.24) is 9.80 Å². The van der Waals surface area contributed by atoms with E-state index in [1.54, 1.807) is 7.11 Å². The highest BCUT2D eigenvalue weighted by atomic mass is 16.5. The normalized spacial score (nSPS) is 17.4. The van der Waals surface area contributed by atoms with Gasteiger partial charge in [-0.3, -0.25) is 4.90 Å². The van der Waals surface area contributed by atoms with Gasteiger partial charge in [0, 0.05) is 25.7 Å². The molecule has 2 rings (SSSR count). The lowest BCUT2D eigenvalue weighted by Gasteiger charge is -2.29. The highest BCUT2D eigenvalue weighted by Crippen LogP contribution is 2.25. The van der Waals surface area contributed by atoms with Crippen molar-refractivity contribution in [2.24, 2.45) is 5.73 Å². The van der Waals surface area contributed by atoms with Gasteiger partial charge in [0.15, 0.2) is 0 Å². The molecule has 0 amide bonds. The van der Waals surface area contributed by atoms with Crippen molar-refractivity contribution in [3.05, 3.63) is 29.3 Å². The maximum Gasteiger partial charge on any atom is 0.121 e. The van der Waals surface area contributed by atoms with Crippen LogP contribution in [-0.4, -0.2) is 56.7 Å². The number of aryl methyl sites for hydroxylation is 1. The molecule has 1 fully saturated rings. The summed E-state index contributed by atoms with van der Waals surface area (Å²) in [5.74, 6) is 0.939. The molecule has 1 heterocycles. The van der Waals surface area contributed by atoms with Crippen LogP contribution in [0.1, 0.15) is 30.0 Å². The molecule has 118 valence electrons. The Bertz CT molecular complexity index is 444. The summed E-state index contributed by atoms with van der Waals surface area (Å²) in [5, 5.41) is 0. The van der Waals surface area contributed by atoms with Gasteiger partial charge in [0.2, 0.25) is 0 Å². The summed E-state index contributed by atoms with van der Waals surface area (Å²) in [6.07, 6.45) is 2.70. The van der Waals surface area contributed by atoms with Crippen LogP contribution in [0.15, 0.2) is 18.2 Å². The molecule has 1 aromatic carbocycles. The molecular formula is C17H29N3O. The first-order valence-electron chi connectivity index (χ1n) is 7.93. The molecule has 0 aromatic heterocycles. The molecule has 1 aliphatic rings. The number of methoxy groups -OCH3 is 1. The second-order valence-electron chi connectivity index (χ2n) is 6.01. The number of ether oxygens (including phenoxy) is 1. The number of likely N-dealkylation sites (N-methyl/N-ethyl adjacent to an activating group) is 1. The van der Waals surface area contributed by atoms with E-state index in [1.807, 2.05) is 6.07 Å². The Morgan fingerprint density at radius 3 is 2.62 bits per heavy atom. The van der Waals surface area contributed by atoms with Gasteiger partial charge >= 0.3 is 0 Å². The van der Waals surface area contributed by atoms with Gasteiger partial charge < -0.3 is 15.4 Å². The maximum atomic E-state index is 6.02. The minimum atomic E-state index is 0.275. The fraction of sp³-hybridized carbons (Fsp3) is 0.647. The molecule has 1 unspecified atom stereocenters. The number of likely N-dealkylation sites (tertiary alicyclic amines) is 1. The predicted octanol–water partition coefficient (Wildman–Crippen LogP) is 2.03. The van der Waals surface area contributed by atoms with E-state index in [-0.39, 0.29) is 6.04 Å². The zero-order valence-corrected chi connectivity index (χ0v) is 13.6. The van der Waals surface area contributed by atoms with E-state index in [2.05, 4.69) is 35.9 Å². The Morgan fingerprint density at radius 1 is 1.33 bits per heavy atom. The number of nitrogens with zero attached hydrogens (tertiary/aromatic N) is 2. The first-order chi connectivity index (χ1) is 10.2. The topological polar surface area (TPSA) is 41.7 Å². The molecule has 4 heteroatoms. The van der Waals surface area contributed by atoms with Gasteiger partial charge in [-0.15, -0.1) is 0 Å². The fourth-order valence-corrected chi connectivity index (χ4v) is 3.14. The lowest BCUT2D eigenvalue weighted by Crippen LogP contribution is -2.36. The Labute approximate surface area is 128 Å². The third-order valence-corrected chi connectivity index (χ3v) is 4.53. The van der Waals surface area contributed by atoms with Crippen molar-refractivity contribution in [2.45, 2.75) is 25.8 Å². The number of hydrogen-bond donors (Lipinski definition) is 1. The van der Waals surface area contributed by atoms with Crippen LogP contribution in [0.25, 0.3) is 0 Å². The van der Waals surface area contributed by atoms with Crippen LogP contribution >= 0.6 is 0 Å². The van der Waals surface area contributed by atoms with E-state index < -0.39 is 0 Å². The monoisotopic (exact) mass is 291 g/mol. The zero-order valence-electron chi connectivity index (χ0n) is 13.6. The number of hydrogen-bond acceptors (Lipinski definition) is 4. The van der Waals surface area contributed by atoms with E-state index in [4.69, 9.17) is 10.5 Å². The second-order valence-corrected chi connectivity index (χ2v) is 6.01. The van der Waals surface area contributed by atoms with E-state index >= 15 is 0 Å². The third kappa shape index (κ3) is 4.19. The molecule has 1 saturated heterocycles. The van der Waals surface area contributed by atoms with E-state index in [0.29, 0.717) is 6.54 Å². The summed E-state index contributed by atoms with van der Waals surface area (Å²) < 4.78 is 5.34. The molecule has 0 radical (unpaired) electrons. The van der Waals surface area contributed by atoms with Crippen molar-refractivity contribution in [1.29, 1.82) is 0 Å². The molecule has 0 spiro atoms. The van der Waals surface area contributed by atoms with Crippen LogP contribution in [0.4, 0.5) is 0 Å². The molecule has 0 bridgehead atoms. The van der Waals surface area contributed by atoms with Gasteiger partial charge in [0.25, 0.3) is 0 Å². The second kappa shape index (κ2) is 7.78. The highest BCUT2D eigenvalue weighted by molar-refractivity contribution is 5.37. The number of nitrogens with two attached hydrogens (primary N) is 1. The maximum absolute atomic E-state index is 6.02. The molecule has 1 atom stereocenters. The summed E-state index contributed by atoms with van der Waals surface area (Å²) in [7, 11) is 3.89. The first-order valence-corrected chi connectivity index (χ1v) is 7.93. The summed E-state index contributed by atoms with van der Waals surface area (Å²) >= 11 is 0. The Hall–Kier alpha value is -1.10. The molecular weight excluding hydrogens is 262 g/mol. The highest BCUT2D eigenvalue weighted by Gasteiger charge is 2.18. The molecule has 0 saturated carbocycles. The lowest BCUT2D eigenvalue weighted by molar-refractivity contribution is 0.209. The van der Waals surface area contributed by atoms with E-state index in [1.165, 1.54) is 37.1 Å². The van der Waals surface area contributed by atoms with Crippen LogP contribution in [0.2, 0.25) is 0 Å². The Morgan fingerprint density at radius 2 is 2.05 bits per heavy atom. The van der Waals surface area contributed by atoms with Gasteiger partial charge in [-0.1, -0.05) is 12.1 Å². The molecule has 1 aliphatic heterocycles. The quantitative estimate of drug-likeness (QED) is 0.834. The zero-order chi connectivity index (χ0) is 15.2. The standard InChI is InChI=1S/C17H29N3O/c1-14-12-15(6-7-17(14)21-3)16(13-18)19(2)10-11-20-8-4-5-9-20/h6-7,12,16H,4-5,8-11,13,18H2,1-3H3. The van der Waals surface area contributed by atoms with Crippen molar-refractivity contribution in [2.75, 3.05) is 46.9 Å². The smallest absolute Gasteiger partial charge is 0.121 e. The van der Waals surface area contributed by atoms with Crippen molar-refractivity contribution in [3.8, 4) is 5.75 Å². The minimum Gasteiger partial charge on any atom is -0.496 e. The van der Waals surface area contributed by atoms with E-state index in [9.17, 15) is 0 Å². The minimum absolute atomic E-state index is 0.275. The molecule has 4 nitrogen and oxygen atoms in total. The number of benzene rings is 1. The van der Waals surface area contributed by atoms with Gasteiger partial charge in [-0.25, -0.2) is 0 Å². The van der Waals surface area contributed by atoms with Gasteiger partial charge in [0.1, 0.15) is 5.75 Å². The first kappa shape index (κ1) is 16.3. The van der Waals surface area contributed by atoms with Gasteiger partial charge in [0.05, 0.1) is 7.11 Å². The largest absolute Gasteiger partial charge is 0.496 e. The van der Waals surface area contributed by atoms with Gasteiger partial charge in [-0.05, 0) is 57.1 Å². The molecule has 1 aromatic rings. The van der Waals surface area contributed by atoms with Crippen LogP contribution in [0.3, 0.4) is 0 Å². The van der Waals surface area contributed by atoms with Crippen LogP contribution < -0.4 is 10.5 Å². The average molecular weight is 291 g/mol. The summed E-state index contributed by atoms with van der Waals surface area (Å²) in [6, 6.07) is 6.65. The summed E-state index contributed by atoms with van der Waals surface area (Å²) in [6.45, 7) is 7.43. The average Bonchev–Trinajstić information content (AvgIpc) is 2.99. The Balaban J connectivity index is 1.98. The molecule has 0 aliphatic carbocycles. The molecule has 21 heavy (non-hydrogen) atoms. The van der Waals surface area contributed by atoms with Crippen LogP contribution in [0.5, 0.6) is 5.75 Å².